The van der Waals surface area contributed by atoms with Gasteiger partial charge in [0.2, 0.25) is 0 Å². The minimum Gasteiger partial charge on any atom is -0.348 e. The second-order valence-corrected chi connectivity index (χ2v) is 4.85. The lowest BCUT2D eigenvalue weighted by Gasteiger charge is -2.18. The van der Waals surface area contributed by atoms with Gasteiger partial charge in [0.1, 0.15) is 0 Å². The Labute approximate surface area is 107 Å². The Kier molecular flexibility index (Phi) is 4.90. The van der Waals surface area contributed by atoms with Crippen molar-refractivity contribution in [2.24, 2.45) is 0 Å². The lowest BCUT2D eigenvalue weighted by atomic mass is 10.2. The molecular weight excluding hydrogens is 238 g/mol. The minimum absolute atomic E-state index is 0.0647. The molecule has 17 heavy (non-hydrogen) atoms. The van der Waals surface area contributed by atoms with Crippen molar-refractivity contribution >= 4 is 17.5 Å². The fourth-order valence-corrected chi connectivity index (χ4v) is 1.88. The summed E-state index contributed by atoms with van der Waals surface area (Å²) in [6.07, 6.45) is 1.51. The summed E-state index contributed by atoms with van der Waals surface area (Å²) in [5.74, 6) is -0.183. The van der Waals surface area contributed by atoms with Crippen molar-refractivity contribution in [2.75, 3.05) is 20.6 Å². The smallest absolute Gasteiger partial charge is 0.254 e. The number of likely N-dealkylation sites (N-methyl/N-ethyl adjacent to an activating group) is 1. The summed E-state index contributed by atoms with van der Waals surface area (Å²) < 4.78 is 0. The second kappa shape index (κ2) is 5.98. The van der Waals surface area contributed by atoms with Gasteiger partial charge in [-0.3, -0.25) is 9.78 Å². The Morgan fingerprint density at radius 3 is 2.76 bits per heavy atom. The van der Waals surface area contributed by atoms with Gasteiger partial charge in [0.15, 0.2) is 0 Å². The first-order chi connectivity index (χ1) is 7.90. The minimum atomic E-state index is -0.183. The van der Waals surface area contributed by atoms with Gasteiger partial charge in [-0.2, -0.15) is 0 Å². The molecule has 1 rings (SSSR count). The molecule has 0 fully saturated rings. The second-order valence-electron chi connectivity index (χ2n) is 4.44. The van der Waals surface area contributed by atoms with Gasteiger partial charge in [-0.1, -0.05) is 11.6 Å². The van der Waals surface area contributed by atoms with E-state index in [0.717, 1.165) is 12.2 Å². The highest BCUT2D eigenvalue weighted by Crippen LogP contribution is 2.15. The number of amides is 1. The molecule has 0 bridgehead atoms. The van der Waals surface area contributed by atoms with E-state index >= 15 is 0 Å². The zero-order chi connectivity index (χ0) is 13.0. The molecule has 0 spiro atoms. The Hall–Kier alpha value is -1.13. The van der Waals surface area contributed by atoms with E-state index in [0.29, 0.717) is 10.6 Å². The molecule has 5 heteroatoms. The van der Waals surface area contributed by atoms with Crippen LogP contribution >= 0.6 is 11.6 Å². The van der Waals surface area contributed by atoms with E-state index in [-0.39, 0.29) is 11.9 Å². The van der Waals surface area contributed by atoms with E-state index in [9.17, 15) is 4.79 Å². The van der Waals surface area contributed by atoms with Crippen molar-refractivity contribution in [3.8, 4) is 0 Å². The van der Waals surface area contributed by atoms with Crippen LogP contribution in [0.15, 0.2) is 12.3 Å². The largest absolute Gasteiger partial charge is 0.348 e. The van der Waals surface area contributed by atoms with Crippen LogP contribution in [0.3, 0.4) is 0 Å². The van der Waals surface area contributed by atoms with Gasteiger partial charge in [0.05, 0.1) is 10.6 Å². The summed E-state index contributed by atoms with van der Waals surface area (Å²) in [6.45, 7) is 4.57. The Balaban J connectivity index is 2.70. The van der Waals surface area contributed by atoms with Gasteiger partial charge in [0, 0.05) is 24.5 Å². The Morgan fingerprint density at radius 2 is 2.24 bits per heavy atom. The number of nitrogens with zero attached hydrogens (tertiary/aromatic N) is 2. The molecule has 0 saturated carbocycles. The molecule has 94 valence electrons. The number of pyridine rings is 1. The number of aryl methyl sites for hydroxylation is 1. The van der Waals surface area contributed by atoms with Gasteiger partial charge >= 0.3 is 0 Å². The number of halogens is 1. The average Bonchev–Trinajstić information content (AvgIpc) is 2.15. The molecule has 1 aromatic heterocycles. The zero-order valence-corrected chi connectivity index (χ0v) is 11.4. The highest BCUT2D eigenvalue weighted by Gasteiger charge is 2.13. The fraction of sp³-hybridized carbons (Fsp3) is 0.500. The maximum Gasteiger partial charge on any atom is 0.254 e. The molecule has 4 nitrogen and oxygen atoms in total. The molecule has 0 radical (unpaired) electrons. The van der Waals surface area contributed by atoms with Gasteiger partial charge < -0.3 is 10.2 Å². The summed E-state index contributed by atoms with van der Waals surface area (Å²) in [5.41, 5.74) is 1.22. The van der Waals surface area contributed by atoms with Crippen LogP contribution in [0.25, 0.3) is 0 Å². The molecular formula is C12H18ClN3O. The molecule has 1 aromatic rings. The predicted octanol–water partition coefficient (Wildman–Crippen LogP) is 1.72. The van der Waals surface area contributed by atoms with Crippen LogP contribution in [0.2, 0.25) is 5.02 Å². The van der Waals surface area contributed by atoms with Crippen LogP contribution in [0.1, 0.15) is 23.0 Å². The normalized spacial score (nSPS) is 12.6. The molecule has 0 saturated heterocycles. The molecule has 0 aliphatic rings. The van der Waals surface area contributed by atoms with Crippen molar-refractivity contribution in [1.29, 1.82) is 0 Å². The lowest BCUT2D eigenvalue weighted by Crippen LogP contribution is -2.39. The number of rotatable bonds is 4. The Morgan fingerprint density at radius 1 is 1.59 bits per heavy atom. The standard InChI is InChI=1S/C12H18ClN3O/c1-8-5-11(13)10(6-14-8)12(17)15-9(2)7-16(3)4/h5-6,9H,7H2,1-4H3,(H,15,17). The van der Waals surface area contributed by atoms with Crippen molar-refractivity contribution in [3.63, 3.8) is 0 Å². The number of aromatic nitrogens is 1. The van der Waals surface area contributed by atoms with Crippen LogP contribution in [-0.4, -0.2) is 42.5 Å². The van der Waals surface area contributed by atoms with Crippen LogP contribution in [0, 0.1) is 6.92 Å². The van der Waals surface area contributed by atoms with E-state index in [2.05, 4.69) is 10.3 Å². The number of hydrogen-bond acceptors (Lipinski definition) is 3. The molecule has 1 N–H and O–H groups in total. The quantitative estimate of drug-likeness (QED) is 0.891. The maximum atomic E-state index is 11.9. The highest BCUT2D eigenvalue weighted by molar-refractivity contribution is 6.33. The summed E-state index contributed by atoms with van der Waals surface area (Å²) in [5, 5.41) is 3.32. The molecule has 1 amide bonds. The molecule has 1 heterocycles. The van der Waals surface area contributed by atoms with Crippen LogP contribution in [0.5, 0.6) is 0 Å². The molecule has 1 atom stereocenters. The topological polar surface area (TPSA) is 45.2 Å². The first-order valence-corrected chi connectivity index (χ1v) is 5.85. The molecule has 1 unspecified atom stereocenters. The van der Waals surface area contributed by atoms with Crippen molar-refractivity contribution < 1.29 is 4.79 Å². The van der Waals surface area contributed by atoms with Crippen LogP contribution < -0.4 is 5.32 Å². The summed E-state index contributed by atoms with van der Waals surface area (Å²) >= 11 is 6.00. The van der Waals surface area contributed by atoms with Crippen molar-refractivity contribution in [1.82, 2.24) is 15.2 Å². The third kappa shape index (κ3) is 4.32. The van der Waals surface area contributed by atoms with Crippen LogP contribution in [0.4, 0.5) is 0 Å². The van der Waals surface area contributed by atoms with E-state index in [1.807, 2.05) is 32.8 Å². The highest BCUT2D eigenvalue weighted by atomic mass is 35.5. The average molecular weight is 256 g/mol. The van der Waals surface area contributed by atoms with Crippen molar-refractivity contribution in [2.45, 2.75) is 19.9 Å². The molecule has 0 aromatic carbocycles. The first-order valence-electron chi connectivity index (χ1n) is 5.48. The number of nitrogens with one attached hydrogen (secondary N) is 1. The molecule has 0 aliphatic heterocycles. The van der Waals surface area contributed by atoms with Gasteiger partial charge in [0.25, 0.3) is 5.91 Å². The third-order valence-electron chi connectivity index (χ3n) is 2.25. The fourth-order valence-electron chi connectivity index (χ4n) is 1.59. The monoisotopic (exact) mass is 255 g/mol. The third-order valence-corrected chi connectivity index (χ3v) is 2.56. The van der Waals surface area contributed by atoms with Gasteiger partial charge in [-0.25, -0.2) is 0 Å². The SMILES string of the molecule is Cc1cc(Cl)c(C(=O)NC(C)CN(C)C)cn1. The van der Waals surface area contributed by atoms with Gasteiger partial charge in [-0.05, 0) is 34.0 Å². The summed E-state index contributed by atoms with van der Waals surface area (Å²) in [7, 11) is 3.92. The lowest BCUT2D eigenvalue weighted by molar-refractivity contribution is 0.0934. The summed E-state index contributed by atoms with van der Waals surface area (Å²) in [6, 6.07) is 1.75. The van der Waals surface area contributed by atoms with E-state index in [1.165, 1.54) is 6.20 Å². The Bertz CT molecular complexity index is 407. The summed E-state index contributed by atoms with van der Waals surface area (Å²) in [4.78, 5) is 18.0. The van der Waals surface area contributed by atoms with E-state index in [4.69, 9.17) is 11.6 Å². The molecule has 0 aliphatic carbocycles. The van der Waals surface area contributed by atoms with Gasteiger partial charge in [-0.15, -0.1) is 0 Å². The van der Waals surface area contributed by atoms with Crippen LogP contribution in [-0.2, 0) is 0 Å². The zero-order valence-electron chi connectivity index (χ0n) is 10.6. The predicted molar refractivity (Wildman–Crippen MR) is 69.5 cm³/mol. The van der Waals surface area contributed by atoms with E-state index < -0.39 is 0 Å². The van der Waals surface area contributed by atoms with E-state index in [1.54, 1.807) is 6.07 Å². The number of hydrogen-bond donors (Lipinski definition) is 1. The van der Waals surface area contributed by atoms with Crippen molar-refractivity contribution in [3.05, 3.63) is 28.5 Å². The maximum absolute atomic E-state index is 11.9. The first kappa shape index (κ1) is 13.9. The number of carbonyl (C=O) groups is 1. The number of carbonyl (C=O) groups excluding carboxylic acids is 1.